The molecule has 0 unspecified atom stereocenters. The number of carbonyl (C=O) groups is 2. The van der Waals surface area contributed by atoms with Crippen LogP contribution in [-0.2, 0) is 10.2 Å². The fraction of sp³-hybridized carbons (Fsp3) is 0.217. The van der Waals surface area contributed by atoms with Gasteiger partial charge in [-0.05, 0) is 53.9 Å². The molecule has 0 saturated heterocycles. The molecule has 30 heavy (non-hydrogen) atoms. The van der Waals surface area contributed by atoms with E-state index < -0.39 is 0 Å². The van der Waals surface area contributed by atoms with E-state index in [0.717, 1.165) is 10.0 Å². The Bertz CT molecular complexity index is 1040. The number of hydrogen-bond donors (Lipinski definition) is 2. The number of benzene rings is 2. The predicted octanol–water partition coefficient (Wildman–Crippen LogP) is 5.61. The van der Waals surface area contributed by atoms with E-state index in [2.05, 4.69) is 47.3 Å². The Balaban J connectivity index is 1.61. The first-order chi connectivity index (χ1) is 14.2. The van der Waals surface area contributed by atoms with Crippen LogP contribution in [0.15, 0.2) is 69.8 Å². The average molecular weight is 471 g/mol. The number of carbonyl (C=O) groups excluding carboxylic acids is 2. The van der Waals surface area contributed by atoms with Crippen molar-refractivity contribution >= 4 is 39.1 Å². The zero-order valence-electron chi connectivity index (χ0n) is 17.0. The molecule has 3 rings (SSSR count). The maximum atomic E-state index is 12.4. The second-order valence-electron chi connectivity index (χ2n) is 7.74. The van der Waals surface area contributed by atoms with Crippen molar-refractivity contribution in [2.45, 2.75) is 26.2 Å². The van der Waals surface area contributed by atoms with Crippen LogP contribution >= 0.6 is 15.9 Å². The Kier molecular flexibility index (Phi) is 6.62. The highest BCUT2D eigenvalue weighted by Gasteiger charge is 2.20. The summed E-state index contributed by atoms with van der Waals surface area (Å²) in [6, 6.07) is 15.8. The quantitative estimate of drug-likeness (QED) is 0.490. The van der Waals surface area contributed by atoms with Crippen molar-refractivity contribution in [3.63, 3.8) is 0 Å². The number of halogens is 1. The van der Waals surface area contributed by atoms with Gasteiger partial charge in [0.05, 0.1) is 6.26 Å². The molecule has 0 spiro atoms. The van der Waals surface area contributed by atoms with Crippen molar-refractivity contribution in [3.05, 3.63) is 76.7 Å². The van der Waals surface area contributed by atoms with Crippen LogP contribution in [0.25, 0.3) is 0 Å². The van der Waals surface area contributed by atoms with Gasteiger partial charge in [-0.15, -0.1) is 0 Å². The number of rotatable bonds is 6. The lowest BCUT2D eigenvalue weighted by atomic mass is 9.86. The first-order valence-electron chi connectivity index (χ1n) is 9.40. The third-order valence-electron chi connectivity index (χ3n) is 4.26. The summed E-state index contributed by atoms with van der Waals surface area (Å²) in [7, 11) is 0. The van der Waals surface area contributed by atoms with E-state index in [4.69, 9.17) is 9.15 Å². The van der Waals surface area contributed by atoms with Crippen molar-refractivity contribution in [1.82, 2.24) is 0 Å². The minimum absolute atomic E-state index is 0.129. The van der Waals surface area contributed by atoms with Gasteiger partial charge in [-0.25, -0.2) is 0 Å². The van der Waals surface area contributed by atoms with E-state index in [0.29, 0.717) is 17.1 Å². The molecule has 0 saturated carbocycles. The van der Waals surface area contributed by atoms with Gasteiger partial charge in [0, 0.05) is 21.4 Å². The predicted molar refractivity (Wildman–Crippen MR) is 120 cm³/mol. The Morgan fingerprint density at radius 2 is 1.73 bits per heavy atom. The molecule has 2 N–H and O–H groups in total. The number of nitrogens with one attached hydrogen (secondary N) is 2. The van der Waals surface area contributed by atoms with Gasteiger partial charge in [0.15, 0.2) is 12.4 Å². The summed E-state index contributed by atoms with van der Waals surface area (Å²) in [6.45, 7) is 6.13. The van der Waals surface area contributed by atoms with Gasteiger partial charge < -0.3 is 19.8 Å². The molecular formula is C23H23BrN2O4. The molecule has 6 nitrogen and oxygen atoms in total. The highest BCUT2D eigenvalue weighted by molar-refractivity contribution is 9.10. The van der Waals surface area contributed by atoms with E-state index in [1.54, 1.807) is 36.4 Å². The molecule has 0 radical (unpaired) electrons. The van der Waals surface area contributed by atoms with Gasteiger partial charge in [-0.1, -0.05) is 42.8 Å². The number of furan rings is 1. The molecule has 1 aromatic heterocycles. The van der Waals surface area contributed by atoms with E-state index in [1.807, 2.05) is 18.2 Å². The van der Waals surface area contributed by atoms with Crippen molar-refractivity contribution < 1.29 is 18.7 Å². The molecule has 3 aromatic rings. The maximum Gasteiger partial charge on any atom is 0.291 e. The molecule has 7 heteroatoms. The molecule has 0 aliphatic rings. The fourth-order valence-electron chi connectivity index (χ4n) is 2.83. The van der Waals surface area contributed by atoms with Crippen molar-refractivity contribution in [2.75, 3.05) is 17.2 Å². The molecule has 156 valence electrons. The molecule has 0 fully saturated rings. The maximum absolute atomic E-state index is 12.4. The third kappa shape index (κ3) is 5.73. The second kappa shape index (κ2) is 9.17. The van der Waals surface area contributed by atoms with E-state index in [9.17, 15) is 9.59 Å². The Labute approximate surface area is 183 Å². The summed E-state index contributed by atoms with van der Waals surface area (Å²) in [4.78, 5) is 24.5. The summed E-state index contributed by atoms with van der Waals surface area (Å²) >= 11 is 3.48. The van der Waals surface area contributed by atoms with Gasteiger partial charge in [-0.3, -0.25) is 9.59 Å². The average Bonchev–Trinajstić information content (AvgIpc) is 3.21. The molecule has 0 bridgehead atoms. The summed E-state index contributed by atoms with van der Waals surface area (Å²) in [6.07, 6.45) is 1.43. The van der Waals surface area contributed by atoms with Gasteiger partial charge in [-0.2, -0.15) is 0 Å². The van der Waals surface area contributed by atoms with Crippen LogP contribution in [0.1, 0.15) is 36.9 Å². The van der Waals surface area contributed by atoms with Crippen LogP contribution in [-0.4, -0.2) is 18.4 Å². The van der Waals surface area contributed by atoms with E-state index >= 15 is 0 Å². The summed E-state index contributed by atoms with van der Waals surface area (Å²) in [5.41, 5.74) is 1.97. The molecule has 2 aromatic carbocycles. The molecule has 0 aliphatic carbocycles. The minimum atomic E-state index is -0.364. The Morgan fingerprint density at radius 3 is 2.40 bits per heavy atom. The van der Waals surface area contributed by atoms with Crippen molar-refractivity contribution in [1.29, 1.82) is 0 Å². The smallest absolute Gasteiger partial charge is 0.291 e. The molecule has 0 aliphatic heterocycles. The number of ether oxygens (including phenoxy) is 1. The van der Waals surface area contributed by atoms with Crippen LogP contribution in [0.3, 0.4) is 0 Å². The van der Waals surface area contributed by atoms with Gasteiger partial charge >= 0.3 is 0 Å². The highest BCUT2D eigenvalue weighted by atomic mass is 79.9. The number of hydrogen-bond acceptors (Lipinski definition) is 4. The fourth-order valence-corrected chi connectivity index (χ4v) is 3.19. The summed E-state index contributed by atoms with van der Waals surface area (Å²) in [5.74, 6) is 0.214. The zero-order chi connectivity index (χ0) is 21.7. The zero-order valence-corrected chi connectivity index (χ0v) is 18.6. The van der Waals surface area contributed by atoms with E-state index in [1.165, 1.54) is 6.26 Å². The Morgan fingerprint density at radius 1 is 1.00 bits per heavy atom. The van der Waals surface area contributed by atoms with Crippen LogP contribution < -0.4 is 15.4 Å². The Hall–Kier alpha value is -3.06. The van der Waals surface area contributed by atoms with Gasteiger partial charge in [0.1, 0.15) is 5.75 Å². The second-order valence-corrected chi connectivity index (χ2v) is 8.66. The molecular weight excluding hydrogens is 448 g/mol. The van der Waals surface area contributed by atoms with Crippen LogP contribution in [0.5, 0.6) is 5.75 Å². The standard InChI is InChI=1S/C23H23BrN2O4/c1-23(2,3)18-12-15(24)9-10-19(18)30-14-21(27)25-16-6-4-7-17(13-16)26-22(28)20-8-5-11-29-20/h4-13H,14H2,1-3H3,(H,25,27)(H,26,28). The van der Waals surface area contributed by atoms with Crippen LogP contribution in [0.2, 0.25) is 0 Å². The molecule has 2 amide bonds. The monoisotopic (exact) mass is 470 g/mol. The van der Waals surface area contributed by atoms with Crippen molar-refractivity contribution in [3.8, 4) is 5.75 Å². The highest BCUT2D eigenvalue weighted by Crippen LogP contribution is 2.33. The largest absolute Gasteiger partial charge is 0.483 e. The first kappa shape index (κ1) is 21.6. The number of amides is 2. The summed E-state index contributed by atoms with van der Waals surface area (Å²) < 4.78 is 11.8. The van der Waals surface area contributed by atoms with Crippen LogP contribution in [0.4, 0.5) is 11.4 Å². The minimum Gasteiger partial charge on any atom is -0.483 e. The SMILES string of the molecule is CC(C)(C)c1cc(Br)ccc1OCC(=O)Nc1cccc(NC(=O)c2ccco2)c1. The summed E-state index contributed by atoms with van der Waals surface area (Å²) in [5, 5.41) is 5.51. The lowest BCUT2D eigenvalue weighted by Gasteiger charge is -2.23. The molecule has 1 heterocycles. The van der Waals surface area contributed by atoms with E-state index in [-0.39, 0.29) is 29.6 Å². The third-order valence-corrected chi connectivity index (χ3v) is 4.75. The van der Waals surface area contributed by atoms with Gasteiger partial charge in [0.2, 0.25) is 0 Å². The van der Waals surface area contributed by atoms with Crippen LogP contribution in [0, 0.1) is 0 Å². The lowest BCUT2D eigenvalue weighted by molar-refractivity contribution is -0.118. The van der Waals surface area contributed by atoms with Crippen molar-refractivity contribution in [2.24, 2.45) is 0 Å². The normalized spacial score (nSPS) is 11.1. The molecule has 0 atom stereocenters. The topological polar surface area (TPSA) is 80.6 Å². The number of anilines is 2. The lowest BCUT2D eigenvalue weighted by Crippen LogP contribution is -2.22. The van der Waals surface area contributed by atoms with Gasteiger partial charge in [0.25, 0.3) is 11.8 Å². The first-order valence-corrected chi connectivity index (χ1v) is 10.2.